The van der Waals surface area contributed by atoms with Crippen LogP contribution in [0.1, 0.15) is 0 Å². The molecule has 2 N–H and O–H groups in total. The van der Waals surface area contributed by atoms with Crippen LogP contribution in [-0.4, -0.2) is 24.2 Å². The van der Waals surface area contributed by atoms with Crippen molar-refractivity contribution >= 4 is 17.5 Å². The summed E-state index contributed by atoms with van der Waals surface area (Å²) in [4.78, 5) is 15.9. The van der Waals surface area contributed by atoms with E-state index in [1.807, 2.05) is 0 Å². The van der Waals surface area contributed by atoms with Crippen LogP contribution in [0.15, 0.2) is 42.6 Å². The number of anilines is 2. The topological polar surface area (TPSA) is 72.5 Å². The van der Waals surface area contributed by atoms with Crippen molar-refractivity contribution in [2.24, 2.45) is 0 Å². The summed E-state index contributed by atoms with van der Waals surface area (Å²) in [6, 6.07) is 10.3. The van der Waals surface area contributed by atoms with Gasteiger partial charge < -0.3 is 14.8 Å². The van der Waals surface area contributed by atoms with Crippen molar-refractivity contribution in [2.75, 3.05) is 23.8 Å². The van der Waals surface area contributed by atoms with Crippen molar-refractivity contribution < 1.29 is 14.3 Å². The SMILES string of the molecule is O=C(Nc1ccccn1)Nc1cccc2c1OCCO2. The molecule has 2 amide bonds. The van der Waals surface area contributed by atoms with Crippen LogP contribution in [0.25, 0.3) is 0 Å². The monoisotopic (exact) mass is 271 g/mol. The lowest BCUT2D eigenvalue weighted by atomic mass is 10.2. The highest BCUT2D eigenvalue weighted by atomic mass is 16.6. The van der Waals surface area contributed by atoms with E-state index < -0.39 is 0 Å². The molecule has 102 valence electrons. The number of hydrogen-bond donors (Lipinski definition) is 2. The Morgan fingerprint density at radius 3 is 2.80 bits per heavy atom. The fourth-order valence-corrected chi connectivity index (χ4v) is 1.88. The van der Waals surface area contributed by atoms with Gasteiger partial charge in [-0.15, -0.1) is 0 Å². The summed E-state index contributed by atoms with van der Waals surface area (Å²) < 4.78 is 11.0. The van der Waals surface area contributed by atoms with E-state index in [2.05, 4.69) is 15.6 Å². The number of amides is 2. The van der Waals surface area contributed by atoms with Gasteiger partial charge in [-0.3, -0.25) is 5.32 Å². The van der Waals surface area contributed by atoms with Gasteiger partial charge in [-0.1, -0.05) is 12.1 Å². The Morgan fingerprint density at radius 1 is 1.05 bits per heavy atom. The lowest BCUT2D eigenvalue weighted by molar-refractivity contribution is 0.172. The summed E-state index contributed by atoms with van der Waals surface area (Å²) in [5.74, 6) is 1.66. The summed E-state index contributed by atoms with van der Waals surface area (Å²) in [6.45, 7) is 0.976. The first-order chi connectivity index (χ1) is 9.83. The molecule has 0 radical (unpaired) electrons. The number of pyridine rings is 1. The Bertz CT molecular complexity index is 616. The zero-order chi connectivity index (χ0) is 13.8. The average molecular weight is 271 g/mol. The fourth-order valence-electron chi connectivity index (χ4n) is 1.88. The van der Waals surface area contributed by atoms with Crippen molar-refractivity contribution in [1.29, 1.82) is 0 Å². The van der Waals surface area contributed by atoms with Crippen LogP contribution in [0.2, 0.25) is 0 Å². The minimum atomic E-state index is -0.383. The Balaban J connectivity index is 1.73. The van der Waals surface area contributed by atoms with Crippen LogP contribution in [0.3, 0.4) is 0 Å². The predicted molar refractivity (Wildman–Crippen MR) is 74.3 cm³/mol. The third-order valence-corrected chi connectivity index (χ3v) is 2.72. The van der Waals surface area contributed by atoms with E-state index in [0.29, 0.717) is 36.2 Å². The van der Waals surface area contributed by atoms with Gasteiger partial charge in [0.15, 0.2) is 11.5 Å². The molecular formula is C14H13N3O3. The molecule has 0 bridgehead atoms. The van der Waals surface area contributed by atoms with Gasteiger partial charge in [0.25, 0.3) is 0 Å². The molecule has 0 atom stereocenters. The van der Waals surface area contributed by atoms with Crippen LogP contribution in [0.4, 0.5) is 16.3 Å². The Labute approximate surface area is 115 Å². The maximum absolute atomic E-state index is 11.9. The average Bonchev–Trinajstić information content (AvgIpc) is 2.48. The third-order valence-electron chi connectivity index (χ3n) is 2.72. The number of hydrogen-bond acceptors (Lipinski definition) is 4. The maximum atomic E-state index is 11.9. The number of urea groups is 1. The molecule has 1 aliphatic heterocycles. The van der Waals surface area contributed by atoms with Gasteiger partial charge in [-0.05, 0) is 24.3 Å². The third kappa shape index (κ3) is 2.64. The van der Waals surface area contributed by atoms with Gasteiger partial charge in [0.1, 0.15) is 19.0 Å². The fraction of sp³-hybridized carbons (Fsp3) is 0.143. The number of para-hydroxylation sites is 1. The lowest BCUT2D eigenvalue weighted by Gasteiger charge is -2.21. The Kier molecular flexibility index (Phi) is 3.36. The molecule has 0 saturated heterocycles. The number of carbonyl (C=O) groups is 1. The number of carbonyl (C=O) groups excluding carboxylic acids is 1. The van der Waals surface area contributed by atoms with Crippen molar-refractivity contribution in [3.63, 3.8) is 0 Å². The molecule has 1 aliphatic rings. The zero-order valence-electron chi connectivity index (χ0n) is 10.6. The van der Waals surface area contributed by atoms with Crippen molar-refractivity contribution in [3.05, 3.63) is 42.6 Å². The van der Waals surface area contributed by atoms with Crippen molar-refractivity contribution in [3.8, 4) is 11.5 Å². The number of ether oxygens (including phenoxy) is 2. The minimum absolute atomic E-state index is 0.383. The zero-order valence-corrected chi connectivity index (χ0v) is 10.6. The molecule has 0 spiro atoms. The minimum Gasteiger partial charge on any atom is -0.486 e. The number of rotatable bonds is 2. The number of aromatic nitrogens is 1. The summed E-state index contributed by atoms with van der Waals surface area (Å²) >= 11 is 0. The summed E-state index contributed by atoms with van der Waals surface area (Å²) in [6.07, 6.45) is 1.61. The first-order valence-electron chi connectivity index (χ1n) is 6.20. The van der Waals surface area contributed by atoms with E-state index in [4.69, 9.17) is 9.47 Å². The summed E-state index contributed by atoms with van der Waals surface area (Å²) in [5.41, 5.74) is 0.565. The largest absolute Gasteiger partial charge is 0.486 e. The van der Waals surface area contributed by atoms with Crippen molar-refractivity contribution in [2.45, 2.75) is 0 Å². The standard InChI is InChI=1S/C14H13N3O3/c18-14(17-12-6-1-2-7-15-12)16-10-4-3-5-11-13(10)20-9-8-19-11/h1-7H,8-9H2,(H2,15,16,17,18). The smallest absolute Gasteiger partial charge is 0.324 e. The molecule has 3 rings (SSSR count). The Morgan fingerprint density at radius 2 is 1.95 bits per heavy atom. The number of fused-ring (bicyclic) bond motifs is 1. The number of nitrogens with one attached hydrogen (secondary N) is 2. The summed E-state index contributed by atoms with van der Waals surface area (Å²) in [7, 11) is 0. The van der Waals surface area contributed by atoms with E-state index in [1.165, 1.54) is 0 Å². The van der Waals surface area contributed by atoms with E-state index in [9.17, 15) is 4.79 Å². The van der Waals surface area contributed by atoms with Gasteiger partial charge in [-0.25, -0.2) is 9.78 Å². The van der Waals surface area contributed by atoms with E-state index >= 15 is 0 Å². The molecular weight excluding hydrogens is 258 g/mol. The number of benzene rings is 1. The molecule has 2 aromatic rings. The number of nitrogens with zero attached hydrogens (tertiary/aromatic N) is 1. The van der Waals surface area contributed by atoms with Crippen LogP contribution in [0.5, 0.6) is 11.5 Å². The highest BCUT2D eigenvalue weighted by Gasteiger charge is 2.17. The van der Waals surface area contributed by atoms with Gasteiger partial charge in [0.05, 0.1) is 5.69 Å². The van der Waals surface area contributed by atoms with Crippen LogP contribution in [0, 0.1) is 0 Å². The van der Waals surface area contributed by atoms with E-state index in [0.717, 1.165) is 0 Å². The van der Waals surface area contributed by atoms with Crippen LogP contribution < -0.4 is 20.1 Å². The molecule has 0 fully saturated rings. The lowest BCUT2D eigenvalue weighted by Crippen LogP contribution is -2.22. The second kappa shape index (κ2) is 5.48. The molecule has 6 nitrogen and oxygen atoms in total. The van der Waals surface area contributed by atoms with E-state index in [-0.39, 0.29) is 6.03 Å². The summed E-state index contributed by atoms with van der Waals surface area (Å²) in [5, 5.41) is 5.36. The van der Waals surface area contributed by atoms with Gasteiger partial charge >= 0.3 is 6.03 Å². The van der Waals surface area contributed by atoms with Crippen molar-refractivity contribution in [1.82, 2.24) is 4.98 Å². The second-order valence-corrected chi connectivity index (χ2v) is 4.12. The molecule has 20 heavy (non-hydrogen) atoms. The van der Waals surface area contributed by atoms with Crippen LogP contribution >= 0.6 is 0 Å². The first kappa shape index (κ1) is 12.3. The molecule has 0 saturated carbocycles. The highest BCUT2D eigenvalue weighted by molar-refractivity contribution is 6.00. The molecule has 1 aromatic carbocycles. The Hall–Kier alpha value is -2.76. The van der Waals surface area contributed by atoms with E-state index in [1.54, 1.807) is 42.6 Å². The quantitative estimate of drug-likeness (QED) is 0.880. The van der Waals surface area contributed by atoms with Gasteiger partial charge in [0.2, 0.25) is 0 Å². The first-order valence-corrected chi connectivity index (χ1v) is 6.20. The normalized spacial score (nSPS) is 12.6. The second-order valence-electron chi connectivity index (χ2n) is 4.12. The maximum Gasteiger partial charge on any atom is 0.324 e. The molecule has 0 aliphatic carbocycles. The molecule has 2 heterocycles. The van der Waals surface area contributed by atoms with Crippen LogP contribution in [-0.2, 0) is 0 Å². The molecule has 6 heteroatoms. The highest BCUT2D eigenvalue weighted by Crippen LogP contribution is 2.37. The molecule has 0 unspecified atom stereocenters. The van der Waals surface area contributed by atoms with Gasteiger partial charge in [-0.2, -0.15) is 0 Å². The molecule has 1 aromatic heterocycles. The van der Waals surface area contributed by atoms with Gasteiger partial charge in [0, 0.05) is 6.20 Å². The predicted octanol–water partition coefficient (Wildman–Crippen LogP) is 2.50.